The van der Waals surface area contributed by atoms with Crippen molar-refractivity contribution < 1.29 is 14.6 Å². The molecule has 86 valence electrons. The van der Waals surface area contributed by atoms with Crippen molar-refractivity contribution in [3.8, 4) is 5.75 Å². The van der Waals surface area contributed by atoms with Gasteiger partial charge in [0.05, 0.1) is 0 Å². The number of hydrogen-bond donors (Lipinski definition) is 1. The highest BCUT2D eigenvalue weighted by atomic mass is 16.5. The van der Waals surface area contributed by atoms with Crippen LogP contribution >= 0.6 is 0 Å². The second-order valence-corrected chi connectivity index (χ2v) is 4.11. The van der Waals surface area contributed by atoms with Crippen molar-refractivity contribution in [1.29, 1.82) is 0 Å². The third-order valence-corrected chi connectivity index (χ3v) is 2.92. The number of benzene rings is 1. The van der Waals surface area contributed by atoms with Crippen LogP contribution in [0.15, 0.2) is 18.2 Å². The van der Waals surface area contributed by atoms with Gasteiger partial charge in [0.25, 0.3) is 0 Å². The van der Waals surface area contributed by atoms with E-state index in [-0.39, 0.29) is 12.1 Å². The van der Waals surface area contributed by atoms with Crippen molar-refractivity contribution in [2.45, 2.75) is 38.7 Å². The second-order valence-electron chi connectivity index (χ2n) is 4.11. The number of ether oxygens (including phenoxy) is 1. The van der Waals surface area contributed by atoms with Gasteiger partial charge in [-0.05, 0) is 30.9 Å². The van der Waals surface area contributed by atoms with Crippen LogP contribution in [-0.2, 0) is 16.0 Å². The summed E-state index contributed by atoms with van der Waals surface area (Å²) in [5.74, 6) is 0.162. The second kappa shape index (κ2) is 4.56. The van der Waals surface area contributed by atoms with Crippen molar-refractivity contribution in [2.24, 2.45) is 0 Å². The van der Waals surface area contributed by atoms with Gasteiger partial charge in [-0.25, -0.2) is 0 Å². The molecule has 3 nitrogen and oxygen atoms in total. The summed E-state index contributed by atoms with van der Waals surface area (Å²) in [7, 11) is 0. The molecule has 0 bridgehead atoms. The van der Waals surface area contributed by atoms with Gasteiger partial charge in [-0.3, -0.25) is 4.79 Å². The van der Waals surface area contributed by atoms with E-state index in [0.29, 0.717) is 12.2 Å². The van der Waals surface area contributed by atoms with Gasteiger partial charge in [-0.15, -0.1) is 0 Å². The summed E-state index contributed by atoms with van der Waals surface area (Å²) in [6, 6.07) is 5.39. The van der Waals surface area contributed by atoms with E-state index in [4.69, 9.17) is 4.74 Å². The Bertz CT molecular complexity index is 398. The number of phenolic OH excluding ortho intramolecular Hbond substituents is 1. The molecule has 0 saturated carbocycles. The van der Waals surface area contributed by atoms with Gasteiger partial charge < -0.3 is 9.84 Å². The zero-order valence-corrected chi connectivity index (χ0v) is 9.40. The molecule has 0 aromatic heterocycles. The Morgan fingerprint density at radius 3 is 3.12 bits per heavy atom. The summed E-state index contributed by atoms with van der Waals surface area (Å²) in [6.45, 7) is 1.95. The zero-order valence-electron chi connectivity index (χ0n) is 9.40. The topological polar surface area (TPSA) is 46.5 Å². The summed E-state index contributed by atoms with van der Waals surface area (Å²) in [5, 5.41) is 9.65. The summed E-state index contributed by atoms with van der Waals surface area (Å²) in [6.07, 6.45) is 2.67. The highest BCUT2D eigenvalue weighted by Gasteiger charge is 2.27. The lowest BCUT2D eigenvalue weighted by Gasteiger charge is -2.13. The third kappa shape index (κ3) is 2.03. The summed E-state index contributed by atoms with van der Waals surface area (Å²) < 4.78 is 5.38. The van der Waals surface area contributed by atoms with Crippen LogP contribution in [0.3, 0.4) is 0 Å². The van der Waals surface area contributed by atoms with Crippen LogP contribution in [-0.4, -0.2) is 11.1 Å². The molecule has 0 radical (unpaired) electrons. The SMILES string of the molecule is CCCC(=O)O[C@@H]1CCc2c(O)cccc21. The monoisotopic (exact) mass is 220 g/mol. The maximum Gasteiger partial charge on any atom is 0.306 e. The van der Waals surface area contributed by atoms with E-state index in [9.17, 15) is 9.90 Å². The maximum absolute atomic E-state index is 11.4. The van der Waals surface area contributed by atoms with E-state index in [1.807, 2.05) is 13.0 Å². The number of aromatic hydroxyl groups is 1. The minimum Gasteiger partial charge on any atom is -0.508 e. The molecule has 0 aliphatic heterocycles. The van der Waals surface area contributed by atoms with E-state index in [0.717, 1.165) is 30.4 Å². The van der Waals surface area contributed by atoms with Gasteiger partial charge in [0.1, 0.15) is 11.9 Å². The van der Waals surface area contributed by atoms with Gasteiger partial charge >= 0.3 is 5.97 Å². The predicted octanol–water partition coefficient (Wildman–Crippen LogP) is 2.72. The van der Waals surface area contributed by atoms with Gasteiger partial charge in [0, 0.05) is 12.0 Å². The van der Waals surface area contributed by atoms with Crippen LogP contribution in [0.1, 0.15) is 43.4 Å². The van der Waals surface area contributed by atoms with Crippen LogP contribution in [0.2, 0.25) is 0 Å². The Hall–Kier alpha value is -1.51. The van der Waals surface area contributed by atoms with Crippen molar-refractivity contribution in [3.05, 3.63) is 29.3 Å². The largest absolute Gasteiger partial charge is 0.508 e. The molecular formula is C13H16O3. The molecule has 1 atom stereocenters. The Kier molecular flexibility index (Phi) is 3.13. The normalized spacial score (nSPS) is 18.2. The Morgan fingerprint density at radius 2 is 2.38 bits per heavy atom. The van der Waals surface area contributed by atoms with Crippen molar-refractivity contribution in [2.75, 3.05) is 0 Å². The lowest BCUT2D eigenvalue weighted by molar-refractivity contribution is -0.149. The Balaban J connectivity index is 2.12. The quantitative estimate of drug-likeness (QED) is 0.797. The van der Waals surface area contributed by atoms with Crippen LogP contribution in [0.5, 0.6) is 5.75 Å². The number of rotatable bonds is 3. The molecule has 1 N–H and O–H groups in total. The maximum atomic E-state index is 11.4. The molecule has 0 amide bonds. The minimum absolute atomic E-state index is 0.149. The standard InChI is InChI=1S/C13H16O3/c1-2-4-13(15)16-12-8-7-9-10(12)5-3-6-11(9)14/h3,5-6,12,14H,2,4,7-8H2,1H3/t12-/m1/s1. The van der Waals surface area contributed by atoms with Crippen LogP contribution in [0.4, 0.5) is 0 Å². The van der Waals surface area contributed by atoms with E-state index in [2.05, 4.69) is 0 Å². The molecule has 1 aliphatic carbocycles. The van der Waals surface area contributed by atoms with Gasteiger partial charge in [0.2, 0.25) is 0 Å². The van der Waals surface area contributed by atoms with Gasteiger partial charge in [-0.1, -0.05) is 19.1 Å². The Labute approximate surface area is 95.0 Å². The molecule has 0 saturated heterocycles. The molecule has 1 aromatic rings. The number of carbonyl (C=O) groups excluding carboxylic acids is 1. The fourth-order valence-electron chi connectivity index (χ4n) is 2.14. The zero-order chi connectivity index (χ0) is 11.5. The average Bonchev–Trinajstić information content (AvgIpc) is 2.64. The first-order valence-electron chi connectivity index (χ1n) is 5.72. The van der Waals surface area contributed by atoms with E-state index in [1.165, 1.54) is 0 Å². The molecule has 1 aliphatic rings. The van der Waals surface area contributed by atoms with Crippen LogP contribution in [0, 0.1) is 0 Å². The highest BCUT2D eigenvalue weighted by Crippen LogP contribution is 2.38. The average molecular weight is 220 g/mol. The summed E-state index contributed by atoms with van der Waals surface area (Å²) >= 11 is 0. The van der Waals surface area contributed by atoms with Crippen molar-refractivity contribution in [1.82, 2.24) is 0 Å². The fraction of sp³-hybridized carbons (Fsp3) is 0.462. The van der Waals surface area contributed by atoms with Gasteiger partial charge in [0.15, 0.2) is 0 Å². The third-order valence-electron chi connectivity index (χ3n) is 2.92. The van der Waals surface area contributed by atoms with Crippen molar-refractivity contribution in [3.63, 3.8) is 0 Å². The number of phenols is 1. The van der Waals surface area contributed by atoms with E-state index in [1.54, 1.807) is 12.1 Å². The molecule has 0 spiro atoms. The summed E-state index contributed by atoms with van der Waals surface area (Å²) in [5.41, 5.74) is 1.89. The van der Waals surface area contributed by atoms with Crippen LogP contribution < -0.4 is 0 Å². The van der Waals surface area contributed by atoms with Crippen LogP contribution in [0.25, 0.3) is 0 Å². The number of hydrogen-bond acceptors (Lipinski definition) is 3. The summed E-state index contributed by atoms with van der Waals surface area (Å²) in [4.78, 5) is 11.4. The molecule has 3 heteroatoms. The molecule has 0 fully saturated rings. The Morgan fingerprint density at radius 1 is 1.56 bits per heavy atom. The molecular weight excluding hydrogens is 204 g/mol. The number of carbonyl (C=O) groups is 1. The van der Waals surface area contributed by atoms with Crippen molar-refractivity contribution >= 4 is 5.97 Å². The fourth-order valence-corrected chi connectivity index (χ4v) is 2.14. The van der Waals surface area contributed by atoms with E-state index < -0.39 is 0 Å². The molecule has 0 heterocycles. The first-order valence-corrected chi connectivity index (χ1v) is 5.72. The molecule has 2 rings (SSSR count). The number of esters is 1. The molecule has 0 unspecified atom stereocenters. The molecule has 1 aromatic carbocycles. The first kappa shape index (κ1) is 11.0. The lowest BCUT2D eigenvalue weighted by Crippen LogP contribution is -2.08. The number of fused-ring (bicyclic) bond motifs is 1. The van der Waals surface area contributed by atoms with E-state index >= 15 is 0 Å². The minimum atomic E-state index is -0.166. The lowest BCUT2D eigenvalue weighted by atomic mass is 10.1. The predicted molar refractivity (Wildman–Crippen MR) is 60.2 cm³/mol. The van der Waals surface area contributed by atoms with Gasteiger partial charge in [-0.2, -0.15) is 0 Å². The smallest absolute Gasteiger partial charge is 0.306 e. The highest BCUT2D eigenvalue weighted by molar-refractivity contribution is 5.69. The first-order chi connectivity index (χ1) is 7.72. The molecule has 16 heavy (non-hydrogen) atoms.